The summed E-state index contributed by atoms with van der Waals surface area (Å²) in [5.74, 6) is -0.828. The molecule has 0 saturated heterocycles. The van der Waals surface area contributed by atoms with Gasteiger partial charge in [0.1, 0.15) is 5.82 Å². The lowest BCUT2D eigenvalue weighted by Gasteiger charge is -2.00. The molecule has 0 radical (unpaired) electrons. The lowest BCUT2D eigenvalue weighted by molar-refractivity contribution is -0.384. The first-order valence-electron chi connectivity index (χ1n) is 6.12. The minimum atomic E-state index is -0.506. The standard InChI is InChI=1S/C15H9FN2O3/c16-10-3-1-2-9(6-10)15(19)13-8-17-14-7-11(18(20)21)4-5-12(13)14/h1-8,17H. The zero-order valence-electron chi connectivity index (χ0n) is 10.7. The number of aromatic amines is 1. The van der Waals surface area contributed by atoms with Crippen molar-refractivity contribution in [3.8, 4) is 0 Å². The van der Waals surface area contributed by atoms with E-state index in [1.807, 2.05) is 0 Å². The van der Waals surface area contributed by atoms with Crippen LogP contribution >= 0.6 is 0 Å². The van der Waals surface area contributed by atoms with Crippen molar-refractivity contribution in [2.24, 2.45) is 0 Å². The van der Waals surface area contributed by atoms with Gasteiger partial charge in [0.2, 0.25) is 0 Å². The van der Waals surface area contributed by atoms with Crippen molar-refractivity contribution in [3.05, 3.63) is 75.7 Å². The molecule has 5 nitrogen and oxygen atoms in total. The quantitative estimate of drug-likeness (QED) is 0.454. The van der Waals surface area contributed by atoms with Gasteiger partial charge in [-0.15, -0.1) is 0 Å². The molecule has 1 N–H and O–H groups in total. The number of carbonyl (C=O) groups excluding carboxylic acids is 1. The van der Waals surface area contributed by atoms with E-state index < -0.39 is 10.7 Å². The van der Waals surface area contributed by atoms with Gasteiger partial charge in [0.05, 0.1) is 10.4 Å². The van der Waals surface area contributed by atoms with Crippen molar-refractivity contribution in [2.45, 2.75) is 0 Å². The van der Waals surface area contributed by atoms with Gasteiger partial charge in [0.25, 0.3) is 5.69 Å². The van der Waals surface area contributed by atoms with Crippen molar-refractivity contribution in [1.82, 2.24) is 4.98 Å². The number of fused-ring (bicyclic) bond motifs is 1. The number of hydrogen-bond donors (Lipinski definition) is 1. The number of non-ortho nitro benzene ring substituents is 1. The van der Waals surface area contributed by atoms with Gasteiger partial charge in [-0.3, -0.25) is 14.9 Å². The number of nitro benzene ring substituents is 1. The molecule has 0 saturated carbocycles. The maximum Gasteiger partial charge on any atom is 0.271 e. The predicted molar refractivity (Wildman–Crippen MR) is 74.8 cm³/mol. The largest absolute Gasteiger partial charge is 0.360 e. The van der Waals surface area contributed by atoms with Gasteiger partial charge in [-0.05, 0) is 18.2 Å². The minimum absolute atomic E-state index is 0.0610. The van der Waals surface area contributed by atoms with Crippen LogP contribution in [0.3, 0.4) is 0 Å². The first-order valence-corrected chi connectivity index (χ1v) is 6.12. The second kappa shape index (κ2) is 4.82. The highest BCUT2D eigenvalue weighted by Gasteiger charge is 2.16. The Bertz CT molecular complexity index is 870. The number of aromatic nitrogens is 1. The summed E-state index contributed by atoms with van der Waals surface area (Å²) >= 11 is 0. The van der Waals surface area contributed by atoms with Crippen molar-refractivity contribution >= 4 is 22.4 Å². The summed E-state index contributed by atoms with van der Waals surface area (Å²) in [6.07, 6.45) is 1.47. The Balaban J connectivity index is 2.09. The normalized spacial score (nSPS) is 10.7. The summed E-state index contributed by atoms with van der Waals surface area (Å²) in [6.45, 7) is 0. The van der Waals surface area contributed by atoms with Crippen molar-refractivity contribution in [2.75, 3.05) is 0 Å². The third-order valence-corrected chi connectivity index (χ3v) is 3.21. The molecule has 0 spiro atoms. The molecule has 0 aliphatic rings. The fourth-order valence-corrected chi connectivity index (χ4v) is 2.20. The maximum absolute atomic E-state index is 13.2. The smallest absolute Gasteiger partial charge is 0.271 e. The second-order valence-corrected chi connectivity index (χ2v) is 4.53. The number of rotatable bonds is 3. The van der Waals surface area contributed by atoms with Crippen molar-refractivity contribution in [1.29, 1.82) is 0 Å². The third-order valence-electron chi connectivity index (χ3n) is 3.21. The Morgan fingerprint density at radius 2 is 2.00 bits per heavy atom. The Labute approximate surface area is 118 Å². The molecule has 0 aliphatic carbocycles. The SMILES string of the molecule is O=C(c1cccc(F)c1)c1c[nH]c2cc([N+](=O)[O-])ccc12. The van der Waals surface area contributed by atoms with Gasteiger partial charge >= 0.3 is 0 Å². The van der Waals surface area contributed by atoms with Gasteiger partial charge in [0.15, 0.2) is 5.78 Å². The van der Waals surface area contributed by atoms with E-state index in [4.69, 9.17) is 0 Å². The molecular weight excluding hydrogens is 275 g/mol. The van der Waals surface area contributed by atoms with E-state index >= 15 is 0 Å². The molecule has 0 amide bonds. The number of nitrogens with one attached hydrogen (secondary N) is 1. The van der Waals surface area contributed by atoms with Crippen LogP contribution in [0.1, 0.15) is 15.9 Å². The lowest BCUT2D eigenvalue weighted by atomic mass is 10.0. The molecule has 0 bridgehead atoms. The zero-order valence-corrected chi connectivity index (χ0v) is 10.7. The maximum atomic E-state index is 13.2. The van der Waals surface area contributed by atoms with E-state index in [1.54, 1.807) is 0 Å². The van der Waals surface area contributed by atoms with Gasteiger partial charge < -0.3 is 4.98 Å². The van der Waals surface area contributed by atoms with Crippen LogP contribution < -0.4 is 0 Å². The molecule has 3 rings (SSSR count). The Morgan fingerprint density at radius 3 is 2.71 bits per heavy atom. The summed E-state index contributed by atoms with van der Waals surface area (Å²) in [6, 6.07) is 9.60. The number of nitro groups is 1. The van der Waals surface area contributed by atoms with Gasteiger partial charge in [-0.2, -0.15) is 0 Å². The molecule has 0 fully saturated rings. The number of carbonyl (C=O) groups is 1. The van der Waals surface area contributed by atoms with Crippen molar-refractivity contribution in [3.63, 3.8) is 0 Å². The summed E-state index contributed by atoms with van der Waals surface area (Å²) in [5, 5.41) is 11.3. The molecule has 3 aromatic rings. The fourth-order valence-electron chi connectivity index (χ4n) is 2.20. The van der Waals surface area contributed by atoms with Gasteiger partial charge in [-0.25, -0.2) is 4.39 Å². The average Bonchev–Trinajstić information content (AvgIpc) is 2.89. The number of halogens is 1. The topological polar surface area (TPSA) is 76.0 Å². The highest BCUT2D eigenvalue weighted by atomic mass is 19.1. The molecule has 104 valence electrons. The summed E-state index contributed by atoms with van der Waals surface area (Å²) < 4.78 is 13.2. The summed E-state index contributed by atoms with van der Waals surface area (Å²) in [5.41, 5.74) is 1.01. The first-order chi connectivity index (χ1) is 10.1. The second-order valence-electron chi connectivity index (χ2n) is 4.53. The zero-order chi connectivity index (χ0) is 15.0. The molecule has 6 heteroatoms. The van der Waals surface area contributed by atoms with Crippen LogP contribution in [0, 0.1) is 15.9 Å². The van der Waals surface area contributed by atoms with Crippen LogP contribution in [0.15, 0.2) is 48.7 Å². The van der Waals surface area contributed by atoms with Crippen LogP contribution in [0.5, 0.6) is 0 Å². The molecule has 0 unspecified atom stereocenters. The number of ketones is 1. The van der Waals surface area contributed by atoms with Crippen molar-refractivity contribution < 1.29 is 14.1 Å². The van der Waals surface area contributed by atoms with E-state index in [0.29, 0.717) is 16.5 Å². The number of nitrogens with zero attached hydrogens (tertiary/aromatic N) is 1. The van der Waals surface area contributed by atoms with Gasteiger partial charge in [0, 0.05) is 34.8 Å². The van der Waals surface area contributed by atoms with E-state index in [0.717, 1.165) is 6.07 Å². The highest BCUT2D eigenvalue weighted by Crippen LogP contribution is 2.25. The lowest BCUT2D eigenvalue weighted by Crippen LogP contribution is -2.00. The third kappa shape index (κ3) is 2.27. The monoisotopic (exact) mass is 284 g/mol. The highest BCUT2D eigenvalue weighted by molar-refractivity contribution is 6.16. The Kier molecular flexibility index (Phi) is 2.98. The molecular formula is C15H9FN2O3. The number of hydrogen-bond acceptors (Lipinski definition) is 3. The van der Waals surface area contributed by atoms with Crippen LogP contribution in [0.4, 0.5) is 10.1 Å². The van der Waals surface area contributed by atoms with E-state index in [1.165, 1.54) is 42.6 Å². The summed E-state index contributed by atoms with van der Waals surface area (Å²) in [4.78, 5) is 25.4. The molecule has 2 aromatic carbocycles. The van der Waals surface area contributed by atoms with E-state index in [2.05, 4.69) is 4.98 Å². The number of benzene rings is 2. The molecule has 21 heavy (non-hydrogen) atoms. The molecule has 0 aliphatic heterocycles. The molecule has 1 aromatic heterocycles. The average molecular weight is 284 g/mol. The van der Waals surface area contributed by atoms with Crippen LogP contribution in [-0.2, 0) is 0 Å². The van der Waals surface area contributed by atoms with Crippen LogP contribution in [0.25, 0.3) is 10.9 Å². The Morgan fingerprint density at radius 1 is 1.19 bits per heavy atom. The number of H-pyrrole nitrogens is 1. The Hall–Kier alpha value is -3.02. The van der Waals surface area contributed by atoms with E-state index in [9.17, 15) is 19.3 Å². The predicted octanol–water partition coefficient (Wildman–Crippen LogP) is 3.45. The van der Waals surface area contributed by atoms with Crippen LogP contribution in [0.2, 0.25) is 0 Å². The fraction of sp³-hybridized carbons (Fsp3) is 0. The molecule has 0 atom stereocenters. The minimum Gasteiger partial charge on any atom is -0.360 e. The first kappa shape index (κ1) is 13.0. The summed E-state index contributed by atoms with van der Waals surface area (Å²) in [7, 11) is 0. The van der Waals surface area contributed by atoms with Gasteiger partial charge in [-0.1, -0.05) is 12.1 Å². The molecule has 1 heterocycles. The van der Waals surface area contributed by atoms with E-state index in [-0.39, 0.29) is 17.0 Å². The van der Waals surface area contributed by atoms with Crippen LogP contribution in [-0.4, -0.2) is 15.7 Å².